The van der Waals surface area contributed by atoms with E-state index in [-0.39, 0.29) is 0 Å². The Labute approximate surface area is 298 Å². The van der Waals surface area contributed by atoms with Crippen LogP contribution in [-0.2, 0) is 0 Å². The molecule has 0 saturated carbocycles. The van der Waals surface area contributed by atoms with Gasteiger partial charge in [0, 0.05) is 50.0 Å². The van der Waals surface area contributed by atoms with E-state index >= 15 is 0 Å². The normalized spacial score (nSPS) is 11.8. The molecule has 0 unspecified atom stereocenters. The molecular formula is C47H28N4O. The third-order valence-electron chi connectivity index (χ3n) is 10.2. The van der Waals surface area contributed by atoms with Crippen molar-refractivity contribution in [1.82, 2.24) is 19.5 Å². The molecule has 0 atom stereocenters. The lowest BCUT2D eigenvalue weighted by Crippen LogP contribution is -2.00. The van der Waals surface area contributed by atoms with E-state index < -0.39 is 0 Å². The molecule has 0 spiro atoms. The lowest BCUT2D eigenvalue weighted by atomic mass is 10.0. The maximum atomic E-state index is 6.62. The van der Waals surface area contributed by atoms with Gasteiger partial charge in [0.05, 0.1) is 11.0 Å². The molecule has 0 aliphatic carbocycles. The van der Waals surface area contributed by atoms with Gasteiger partial charge in [0.1, 0.15) is 11.2 Å². The maximum absolute atomic E-state index is 6.62. The molecule has 5 heteroatoms. The van der Waals surface area contributed by atoms with Gasteiger partial charge in [0.2, 0.25) is 0 Å². The van der Waals surface area contributed by atoms with Crippen LogP contribution in [0.5, 0.6) is 0 Å². The largest absolute Gasteiger partial charge is 0.456 e. The molecule has 0 N–H and O–H groups in total. The minimum absolute atomic E-state index is 0.598. The summed E-state index contributed by atoms with van der Waals surface area (Å²) in [6, 6.07) is 59.2. The number of para-hydroxylation sites is 2. The van der Waals surface area contributed by atoms with Crippen molar-refractivity contribution >= 4 is 65.3 Å². The van der Waals surface area contributed by atoms with Crippen LogP contribution in [0.3, 0.4) is 0 Å². The van der Waals surface area contributed by atoms with E-state index in [4.69, 9.17) is 19.4 Å². The van der Waals surface area contributed by atoms with E-state index in [0.29, 0.717) is 17.5 Å². The Morgan fingerprint density at radius 2 is 0.942 bits per heavy atom. The Morgan fingerprint density at radius 1 is 0.385 bits per heavy atom. The molecule has 3 heterocycles. The van der Waals surface area contributed by atoms with Crippen molar-refractivity contribution in [3.8, 4) is 39.9 Å². The first kappa shape index (κ1) is 28.7. The lowest BCUT2D eigenvalue weighted by Gasteiger charge is -2.10. The van der Waals surface area contributed by atoms with Crippen LogP contribution in [0, 0.1) is 0 Å². The number of rotatable bonds is 4. The zero-order valence-electron chi connectivity index (χ0n) is 27.9. The fourth-order valence-electron chi connectivity index (χ4n) is 7.75. The third-order valence-corrected chi connectivity index (χ3v) is 10.2. The molecule has 0 aliphatic heterocycles. The molecule has 0 bridgehead atoms. The number of benzene rings is 8. The van der Waals surface area contributed by atoms with Crippen molar-refractivity contribution in [2.45, 2.75) is 0 Å². The molecule has 0 amide bonds. The molecule has 8 aromatic carbocycles. The van der Waals surface area contributed by atoms with Crippen LogP contribution in [-0.4, -0.2) is 19.5 Å². The predicted octanol–water partition coefficient (Wildman–Crippen LogP) is 12.2. The lowest BCUT2D eigenvalue weighted by molar-refractivity contribution is 0.668. The van der Waals surface area contributed by atoms with Crippen LogP contribution in [0.25, 0.3) is 105 Å². The van der Waals surface area contributed by atoms with Gasteiger partial charge in [0.15, 0.2) is 17.5 Å². The van der Waals surface area contributed by atoms with Crippen LogP contribution < -0.4 is 0 Å². The molecule has 3 aromatic heterocycles. The first-order valence-corrected chi connectivity index (χ1v) is 17.4. The number of hydrogen-bond donors (Lipinski definition) is 0. The van der Waals surface area contributed by atoms with Crippen LogP contribution >= 0.6 is 0 Å². The average molecular weight is 665 g/mol. The number of hydrogen-bond acceptors (Lipinski definition) is 4. The molecule has 5 nitrogen and oxygen atoms in total. The molecule has 0 aliphatic rings. The molecule has 0 radical (unpaired) electrons. The van der Waals surface area contributed by atoms with E-state index in [1.807, 2.05) is 12.1 Å². The second kappa shape index (κ2) is 11.2. The standard InChI is InChI=1S/C47H28N4O/c1-3-12-31-26-33(22-20-29(31)10-1)45-48-46(34-23-21-30-11-2-4-13-32(30)27-34)50-47(49-45)39-16-9-19-42-44(39)38-25-24-35(28-43(38)52-42)51-40-17-7-5-14-36(40)37-15-6-8-18-41(37)51/h1-28H. The van der Waals surface area contributed by atoms with Gasteiger partial charge in [-0.25, -0.2) is 15.0 Å². The minimum Gasteiger partial charge on any atom is -0.456 e. The predicted molar refractivity (Wildman–Crippen MR) is 213 cm³/mol. The van der Waals surface area contributed by atoms with Gasteiger partial charge < -0.3 is 8.98 Å². The topological polar surface area (TPSA) is 56.7 Å². The monoisotopic (exact) mass is 664 g/mol. The van der Waals surface area contributed by atoms with Gasteiger partial charge in [-0.15, -0.1) is 0 Å². The molecule has 11 aromatic rings. The van der Waals surface area contributed by atoms with Gasteiger partial charge in [0.25, 0.3) is 0 Å². The fraction of sp³-hybridized carbons (Fsp3) is 0. The fourth-order valence-corrected chi connectivity index (χ4v) is 7.75. The highest BCUT2D eigenvalue weighted by Gasteiger charge is 2.19. The second-order valence-corrected chi connectivity index (χ2v) is 13.3. The van der Waals surface area contributed by atoms with Crippen molar-refractivity contribution in [3.63, 3.8) is 0 Å². The number of fused-ring (bicyclic) bond motifs is 8. The van der Waals surface area contributed by atoms with Crippen LogP contribution in [0.2, 0.25) is 0 Å². The number of furan rings is 1. The van der Waals surface area contributed by atoms with Crippen molar-refractivity contribution in [2.75, 3.05) is 0 Å². The molecular weight excluding hydrogens is 637 g/mol. The average Bonchev–Trinajstić information content (AvgIpc) is 3.76. The van der Waals surface area contributed by atoms with Crippen LogP contribution in [0.15, 0.2) is 174 Å². The summed E-state index contributed by atoms with van der Waals surface area (Å²) < 4.78 is 8.93. The van der Waals surface area contributed by atoms with E-state index in [1.54, 1.807) is 0 Å². The van der Waals surface area contributed by atoms with E-state index in [1.165, 1.54) is 21.5 Å². The minimum atomic E-state index is 0.598. The molecule has 0 saturated heterocycles. The summed E-state index contributed by atoms with van der Waals surface area (Å²) in [6.45, 7) is 0. The smallest absolute Gasteiger partial charge is 0.164 e. The van der Waals surface area contributed by atoms with E-state index in [0.717, 1.165) is 66.1 Å². The van der Waals surface area contributed by atoms with Crippen LogP contribution in [0.1, 0.15) is 0 Å². The van der Waals surface area contributed by atoms with Gasteiger partial charge in [-0.3, -0.25) is 0 Å². The summed E-state index contributed by atoms with van der Waals surface area (Å²) in [6.07, 6.45) is 0. The van der Waals surface area contributed by atoms with Crippen molar-refractivity contribution in [3.05, 3.63) is 170 Å². The first-order chi connectivity index (χ1) is 25.7. The number of aromatic nitrogens is 4. The third kappa shape index (κ3) is 4.46. The van der Waals surface area contributed by atoms with Gasteiger partial charge in [-0.1, -0.05) is 121 Å². The molecule has 52 heavy (non-hydrogen) atoms. The van der Waals surface area contributed by atoms with Gasteiger partial charge in [-0.05, 0) is 64.0 Å². The summed E-state index contributed by atoms with van der Waals surface area (Å²) in [5, 5.41) is 9.05. The van der Waals surface area contributed by atoms with Crippen molar-refractivity contribution < 1.29 is 4.42 Å². The highest BCUT2D eigenvalue weighted by molar-refractivity contribution is 6.13. The summed E-state index contributed by atoms with van der Waals surface area (Å²) in [4.78, 5) is 15.4. The Kier molecular flexibility index (Phi) is 6.18. The van der Waals surface area contributed by atoms with Crippen molar-refractivity contribution in [1.29, 1.82) is 0 Å². The zero-order valence-corrected chi connectivity index (χ0v) is 27.9. The van der Waals surface area contributed by atoms with Gasteiger partial charge >= 0.3 is 0 Å². The zero-order chi connectivity index (χ0) is 34.2. The first-order valence-electron chi connectivity index (χ1n) is 17.4. The molecule has 0 fully saturated rings. The van der Waals surface area contributed by atoms with E-state index in [2.05, 4.69) is 162 Å². The number of nitrogens with zero attached hydrogens (tertiary/aromatic N) is 4. The molecule has 11 rings (SSSR count). The molecule has 242 valence electrons. The SMILES string of the molecule is c1ccc2cc(-c3nc(-c4ccc5ccccc5c4)nc(-c4cccc5oc6cc(-n7c8ccccc8c8ccccc87)ccc6c45)n3)ccc2c1. The summed E-state index contributed by atoms with van der Waals surface area (Å²) in [7, 11) is 0. The highest BCUT2D eigenvalue weighted by atomic mass is 16.3. The van der Waals surface area contributed by atoms with Gasteiger partial charge in [-0.2, -0.15) is 0 Å². The summed E-state index contributed by atoms with van der Waals surface area (Å²) in [5.41, 5.74) is 7.72. The highest BCUT2D eigenvalue weighted by Crippen LogP contribution is 2.39. The Morgan fingerprint density at radius 3 is 1.58 bits per heavy atom. The maximum Gasteiger partial charge on any atom is 0.164 e. The Bertz CT molecular complexity index is 3060. The quantitative estimate of drug-likeness (QED) is 0.188. The summed E-state index contributed by atoms with van der Waals surface area (Å²) in [5.74, 6) is 1.84. The Hall–Kier alpha value is -7.11. The summed E-state index contributed by atoms with van der Waals surface area (Å²) >= 11 is 0. The van der Waals surface area contributed by atoms with Crippen molar-refractivity contribution in [2.24, 2.45) is 0 Å². The van der Waals surface area contributed by atoms with E-state index in [9.17, 15) is 0 Å². The second-order valence-electron chi connectivity index (χ2n) is 13.3. The van der Waals surface area contributed by atoms with Crippen LogP contribution in [0.4, 0.5) is 0 Å². The Balaban J connectivity index is 1.12.